The SMILES string of the molecule is Cc1ncc(CNC(C)CC(C)C)[nH]1. The molecule has 1 atom stereocenters. The Labute approximate surface area is 86.3 Å². The fourth-order valence-corrected chi connectivity index (χ4v) is 1.64. The number of hydrogen-bond acceptors (Lipinski definition) is 2. The summed E-state index contributed by atoms with van der Waals surface area (Å²) in [5, 5.41) is 3.47. The average Bonchev–Trinajstić information content (AvgIpc) is 2.47. The number of nitrogens with zero attached hydrogens (tertiary/aromatic N) is 1. The summed E-state index contributed by atoms with van der Waals surface area (Å²) in [6.45, 7) is 9.58. The molecule has 0 radical (unpaired) electrons. The average molecular weight is 195 g/mol. The third-order valence-corrected chi connectivity index (χ3v) is 2.22. The number of rotatable bonds is 5. The van der Waals surface area contributed by atoms with Crippen LogP contribution in [0, 0.1) is 12.8 Å². The largest absolute Gasteiger partial charge is 0.345 e. The molecule has 0 saturated carbocycles. The van der Waals surface area contributed by atoms with Gasteiger partial charge >= 0.3 is 0 Å². The summed E-state index contributed by atoms with van der Waals surface area (Å²) in [5.41, 5.74) is 1.16. The zero-order valence-corrected chi connectivity index (χ0v) is 9.59. The third-order valence-electron chi connectivity index (χ3n) is 2.22. The van der Waals surface area contributed by atoms with Crippen molar-refractivity contribution >= 4 is 0 Å². The van der Waals surface area contributed by atoms with Crippen molar-refractivity contribution in [2.45, 2.75) is 46.7 Å². The van der Waals surface area contributed by atoms with Crippen LogP contribution in [-0.2, 0) is 6.54 Å². The summed E-state index contributed by atoms with van der Waals surface area (Å²) in [4.78, 5) is 7.37. The van der Waals surface area contributed by atoms with E-state index in [4.69, 9.17) is 0 Å². The lowest BCUT2D eigenvalue weighted by Gasteiger charge is -2.14. The van der Waals surface area contributed by atoms with Gasteiger partial charge in [-0.25, -0.2) is 4.98 Å². The van der Waals surface area contributed by atoms with Gasteiger partial charge in [-0.1, -0.05) is 13.8 Å². The Kier molecular flexibility index (Phi) is 4.14. The van der Waals surface area contributed by atoms with Gasteiger partial charge in [0.2, 0.25) is 0 Å². The number of aryl methyl sites for hydroxylation is 1. The van der Waals surface area contributed by atoms with Crippen molar-refractivity contribution in [3.8, 4) is 0 Å². The van der Waals surface area contributed by atoms with E-state index in [0.29, 0.717) is 6.04 Å². The quantitative estimate of drug-likeness (QED) is 0.756. The van der Waals surface area contributed by atoms with E-state index in [9.17, 15) is 0 Å². The monoisotopic (exact) mass is 195 g/mol. The molecule has 0 aliphatic heterocycles. The fraction of sp³-hybridized carbons (Fsp3) is 0.727. The van der Waals surface area contributed by atoms with E-state index in [0.717, 1.165) is 24.0 Å². The first-order valence-corrected chi connectivity index (χ1v) is 5.31. The van der Waals surface area contributed by atoms with Gasteiger partial charge in [-0.2, -0.15) is 0 Å². The van der Waals surface area contributed by atoms with Gasteiger partial charge in [-0.05, 0) is 26.2 Å². The maximum Gasteiger partial charge on any atom is 0.103 e. The maximum absolute atomic E-state index is 4.16. The highest BCUT2D eigenvalue weighted by molar-refractivity contribution is 4.99. The Hall–Kier alpha value is -0.830. The Bertz CT molecular complexity index is 265. The first-order chi connectivity index (χ1) is 6.58. The Morgan fingerprint density at radius 3 is 2.64 bits per heavy atom. The summed E-state index contributed by atoms with van der Waals surface area (Å²) in [6, 6.07) is 0.568. The van der Waals surface area contributed by atoms with Gasteiger partial charge in [0.15, 0.2) is 0 Å². The second kappa shape index (κ2) is 5.15. The van der Waals surface area contributed by atoms with Crippen molar-refractivity contribution in [1.82, 2.24) is 15.3 Å². The summed E-state index contributed by atoms with van der Waals surface area (Å²) in [7, 11) is 0. The van der Waals surface area contributed by atoms with E-state index < -0.39 is 0 Å². The Morgan fingerprint density at radius 2 is 2.14 bits per heavy atom. The molecule has 0 aliphatic carbocycles. The molecule has 0 amide bonds. The van der Waals surface area contributed by atoms with Crippen LogP contribution in [0.5, 0.6) is 0 Å². The van der Waals surface area contributed by atoms with Crippen LogP contribution in [0.4, 0.5) is 0 Å². The summed E-state index contributed by atoms with van der Waals surface area (Å²) < 4.78 is 0. The van der Waals surface area contributed by atoms with E-state index in [1.165, 1.54) is 6.42 Å². The smallest absolute Gasteiger partial charge is 0.103 e. The predicted octanol–water partition coefficient (Wildman–Crippen LogP) is 2.24. The standard InChI is InChI=1S/C11H21N3/c1-8(2)5-9(3)12-6-11-7-13-10(4)14-11/h7-9,12H,5-6H2,1-4H3,(H,13,14). The molecule has 1 unspecified atom stereocenters. The normalized spacial score (nSPS) is 13.5. The van der Waals surface area contributed by atoms with Crippen molar-refractivity contribution in [1.29, 1.82) is 0 Å². The molecule has 80 valence electrons. The van der Waals surface area contributed by atoms with Crippen LogP contribution >= 0.6 is 0 Å². The number of H-pyrrole nitrogens is 1. The molecule has 0 saturated heterocycles. The molecular formula is C11H21N3. The molecule has 1 aromatic heterocycles. The summed E-state index contributed by atoms with van der Waals surface area (Å²) in [5.74, 6) is 1.74. The number of nitrogens with one attached hydrogen (secondary N) is 2. The molecule has 0 spiro atoms. The van der Waals surface area contributed by atoms with Gasteiger partial charge in [0.1, 0.15) is 5.82 Å². The molecule has 0 aromatic carbocycles. The van der Waals surface area contributed by atoms with E-state index in [-0.39, 0.29) is 0 Å². The molecule has 0 fully saturated rings. The number of aromatic nitrogens is 2. The lowest BCUT2D eigenvalue weighted by atomic mass is 10.1. The fourth-order valence-electron chi connectivity index (χ4n) is 1.64. The van der Waals surface area contributed by atoms with Gasteiger partial charge in [0.05, 0.1) is 0 Å². The van der Waals surface area contributed by atoms with Crippen molar-refractivity contribution in [3.63, 3.8) is 0 Å². The van der Waals surface area contributed by atoms with Gasteiger partial charge in [0, 0.05) is 24.5 Å². The van der Waals surface area contributed by atoms with Gasteiger partial charge in [0.25, 0.3) is 0 Å². The van der Waals surface area contributed by atoms with Crippen LogP contribution in [0.3, 0.4) is 0 Å². The van der Waals surface area contributed by atoms with Crippen LogP contribution in [0.15, 0.2) is 6.20 Å². The van der Waals surface area contributed by atoms with Crippen LogP contribution in [0.25, 0.3) is 0 Å². The van der Waals surface area contributed by atoms with Gasteiger partial charge in [-0.15, -0.1) is 0 Å². The van der Waals surface area contributed by atoms with Gasteiger partial charge in [-0.3, -0.25) is 0 Å². The minimum absolute atomic E-state index is 0.568. The van der Waals surface area contributed by atoms with Gasteiger partial charge < -0.3 is 10.3 Å². The van der Waals surface area contributed by atoms with Crippen molar-refractivity contribution in [2.24, 2.45) is 5.92 Å². The molecule has 1 rings (SSSR count). The highest BCUT2D eigenvalue weighted by Gasteiger charge is 2.04. The Balaban J connectivity index is 2.26. The first-order valence-electron chi connectivity index (χ1n) is 5.31. The second-order valence-electron chi connectivity index (χ2n) is 4.41. The second-order valence-corrected chi connectivity index (χ2v) is 4.41. The molecular weight excluding hydrogens is 174 g/mol. The van der Waals surface area contributed by atoms with E-state index >= 15 is 0 Å². The zero-order chi connectivity index (χ0) is 10.6. The molecule has 0 bridgehead atoms. The first kappa shape index (κ1) is 11.2. The third kappa shape index (κ3) is 3.92. The van der Waals surface area contributed by atoms with E-state index in [2.05, 4.69) is 36.1 Å². The zero-order valence-electron chi connectivity index (χ0n) is 9.59. The minimum Gasteiger partial charge on any atom is -0.345 e. The van der Waals surface area contributed by atoms with Crippen LogP contribution in [-0.4, -0.2) is 16.0 Å². The molecule has 2 N–H and O–H groups in total. The maximum atomic E-state index is 4.16. The molecule has 14 heavy (non-hydrogen) atoms. The molecule has 0 aliphatic rings. The topological polar surface area (TPSA) is 40.7 Å². The van der Waals surface area contributed by atoms with Crippen molar-refractivity contribution in [2.75, 3.05) is 0 Å². The minimum atomic E-state index is 0.568. The number of aromatic amines is 1. The highest BCUT2D eigenvalue weighted by Crippen LogP contribution is 2.04. The van der Waals surface area contributed by atoms with Crippen LogP contribution < -0.4 is 5.32 Å². The molecule has 3 heteroatoms. The number of hydrogen-bond donors (Lipinski definition) is 2. The van der Waals surface area contributed by atoms with Crippen molar-refractivity contribution < 1.29 is 0 Å². The van der Waals surface area contributed by atoms with Crippen LogP contribution in [0.1, 0.15) is 38.7 Å². The lowest BCUT2D eigenvalue weighted by Crippen LogP contribution is -2.26. The molecule has 3 nitrogen and oxygen atoms in total. The summed E-state index contributed by atoms with van der Waals surface area (Å²) in [6.07, 6.45) is 3.11. The molecule has 1 heterocycles. The molecule has 1 aromatic rings. The van der Waals surface area contributed by atoms with E-state index in [1.54, 1.807) is 0 Å². The highest BCUT2D eigenvalue weighted by atomic mass is 15.0. The van der Waals surface area contributed by atoms with E-state index in [1.807, 2.05) is 13.1 Å². The Morgan fingerprint density at radius 1 is 1.43 bits per heavy atom. The van der Waals surface area contributed by atoms with Crippen molar-refractivity contribution in [3.05, 3.63) is 17.7 Å². The lowest BCUT2D eigenvalue weighted by molar-refractivity contribution is 0.439. The van der Waals surface area contributed by atoms with Crippen LogP contribution in [0.2, 0.25) is 0 Å². The predicted molar refractivity (Wildman–Crippen MR) is 59.1 cm³/mol. The number of imidazole rings is 1. The summed E-state index contributed by atoms with van der Waals surface area (Å²) >= 11 is 0.